The predicted octanol–water partition coefficient (Wildman–Crippen LogP) is 2.77. The van der Waals surface area contributed by atoms with E-state index in [0.717, 1.165) is 11.3 Å². The SMILES string of the molecule is COc1cccc(CC=NS(=O)C(C)(C)C)c1. The first kappa shape index (κ1) is 13.9. The molecule has 0 aliphatic heterocycles. The molecule has 1 aromatic carbocycles. The molecular weight excluding hydrogens is 234 g/mol. The van der Waals surface area contributed by atoms with Gasteiger partial charge in [-0.15, -0.1) is 0 Å². The van der Waals surface area contributed by atoms with Crippen LogP contribution >= 0.6 is 0 Å². The van der Waals surface area contributed by atoms with Crippen molar-refractivity contribution in [1.82, 2.24) is 0 Å². The highest BCUT2D eigenvalue weighted by Crippen LogP contribution is 2.14. The van der Waals surface area contributed by atoms with Crippen molar-refractivity contribution in [3.05, 3.63) is 29.8 Å². The molecule has 0 aliphatic rings. The Morgan fingerprint density at radius 3 is 2.71 bits per heavy atom. The van der Waals surface area contributed by atoms with E-state index in [9.17, 15) is 4.21 Å². The largest absolute Gasteiger partial charge is 0.497 e. The molecule has 1 rings (SSSR count). The fourth-order valence-corrected chi connectivity index (χ4v) is 1.69. The summed E-state index contributed by atoms with van der Waals surface area (Å²) < 4.78 is 20.6. The van der Waals surface area contributed by atoms with Gasteiger partial charge in [0.05, 0.1) is 11.9 Å². The average molecular weight is 253 g/mol. The summed E-state index contributed by atoms with van der Waals surface area (Å²) in [5, 5.41) is 0. The lowest BCUT2D eigenvalue weighted by Crippen LogP contribution is -2.19. The number of hydrogen-bond acceptors (Lipinski definition) is 2. The first-order valence-corrected chi connectivity index (χ1v) is 6.61. The topological polar surface area (TPSA) is 38.7 Å². The van der Waals surface area contributed by atoms with Crippen molar-refractivity contribution >= 4 is 17.2 Å². The van der Waals surface area contributed by atoms with Crippen LogP contribution < -0.4 is 4.74 Å². The normalized spacial score (nSPS) is 13.9. The molecule has 4 heteroatoms. The van der Waals surface area contributed by atoms with E-state index in [2.05, 4.69) is 4.40 Å². The highest BCUT2D eigenvalue weighted by Gasteiger charge is 2.17. The molecule has 0 saturated heterocycles. The molecule has 3 nitrogen and oxygen atoms in total. The van der Waals surface area contributed by atoms with Crippen molar-refractivity contribution < 1.29 is 8.95 Å². The van der Waals surface area contributed by atoms with Crippen LogP contribution in [-0.2, 0) is 17.4 Å². The van der Waals surface area contributed by atoms with Crippen LogP contribution in [0.25, 0.3) is 0 Å². The van der Waals surface area contributed by atoms with Gasteiger partial charge >= 0.3 is 0 Å². The smallest absolute Gasteiger partial charge is 0.144 e. The summed E-state index contributed by atoms with van der Waals surface area (Å²) in [4.78, 5) is 0. The van der Waals surface area contributed by atoms with E-state index < -0.39 is 11.0 Å². The van der Waals surface area contributed by atoms with Crippen LogP contribution in [0, 0.1) is 0 Å². The summed E-state index contributed by atoms with van der Waals surface area (Å²) in [5.41, 5.74) is 1.10. The molecule has 0 aromatic heterocycles. The Morgan fingerprint density at radius 1 is 1.41 bits per heavy atom. The van der Waals surface area contributed by atoms with Crippen molar-refractivity contribution in [3.8, 4) is 5.75 Å². The Bertz CT molecular complexity index is 422. The van der Waals surface area contributed by atoms with Crippen molar-refractivity contribution in [3.63, 3.8) is 0 Å². The van der Waals surface area contributed by atoms with Gasteiger partial charge in [0.2, 0.25) is 0 Å². The van der Waals surface area contributed by atoms with Crippen LogP contribution in [0.2, 0.25) is 0 Å². The summed E-state index contributed by atoms with van der Waals surface area (Å²) in [6, 6.07) is 7.78. The van der Waals surface area contributed by atoms with Crippen LogP contribution in [0.3, 0.4) is 0 Å². The lowest BCUT2D eigenvalue weighted by Gasteiger charge is -2.12. The summed E-state index contributed by atoms with van der Waals surface area (Å²) in [6.07, 6.45) is 2.37. The average Bonchev–Trinajstić information content (AvgIpc) is 2.28. The zero-order chi connectivity index (χ0) is 12.9. The fraction of sp³-hybridized carbons (Fsp3) is 0.462. The van der Waals surface area contributed by atoms with Gasteiger partial charge in [-0.2, -0.15) is 4.40 Å². The summed E-state index contributed by atoms with van der Waals surface area (Å²) in [5.74, 6) is 0.827. The first-order valence-electron chi connectivity index (χ1n) is 5.51. The molecule has 0 radical (unpaired) electrons. The molecule has 0 spiro atoms. The molecule has 0 amide bonds. The molecule has 0 bridgehead atoms. The second-order valence-corrected chi connectivity index (χ2v) is 6.64. The van der Waals surface area contributed by atoms with Gasteiger partial charge in [0.1, 0.15) is 16.7 Å². The van der Waals surface area contributed by atoms with Crippen molar-refractivity contribution in [2.75, 3.05) is 7.11 Å². The number of rotatable bonds is 4. The molecule has 0 heterocycles. The summed E-state index contributed by atoms with van der Waals surface area (Å²) in [7, 11) is 0.461. The van der Waals surface area contributed by atoms with Crippen LogP contribution in [0.1, 0.15) is 26.3 Å². The number of benzene rings is 1. The predicted molar refractivity (Wildman–Crippen MR) is 73.1 cm³/mol. The second-order valence-electron chi connectivity index (χ2n) is 4.71. The molecule has 0 saturated carbocycles. The van der Waals surface area contributed by atoms with Crippen LogP contribution in [0.15, 0.2) is 28.7 Å². The van der Waals surface area contributed by atoms with Crippen molar-refractivity contribution in [2.45, 2.75) is 31.9 Å². The Balaban J connectivity index is 2.61. The Kier molecular flexibility index (Phi) is 4.87. The number of nitrogens with zero attached hydrogens (tertiary/aromatic N) is 1. The van der Waals surface area contributed by atoms with Gasteiger partial charge in [-0.1, -0.05) is 12.1 Å². The highest BCUT2D eigenvalue weighted by molar-refractivity contribution is 7.85. The molecule has 1 aromatic rings. The van der Waals surface area contributed by atoms with Gasteiger partial charge in [0.15, 0.2) is 0 Å². The molecule has 17 heavy (non-hydrogen) atoms. The zero-order valence-electron chi connectivity index (χ0n) is 10.8. The quantitative estimate of drug-likeness (QED) is 0.774. The lowest BCUT2D eigenvalue weighted by atomic mass is 10.1. The second kappa shape index (κ2) is 5.96. The van der Waals surface area contributed by atoms with Crippen molar-refractivity contribution in [2.24, 2.45) is 4.40 Å². The van der Waals surface area contributed by atoms with E-state index in [4.69, 9.17) is 4.74 Å². The lowest BCUT2D eigenvalue weighted by molar-refractivity contribution is 0.414. The molecule has 0 N–H and O–H groups in total. The molecule has 1 unspecified atom stereocenters. The molecule has 0 aliphatic carbocycles. The fourth-order valence-electron chi connectivity index (χ4n) is 1.17. The molecule has 1 atom stereocenters. The third kappa shape index (κ3) is 4.69. The molecular formula is C13H19NO2S. The van der Waals surface area contributed by atoms with E-state index in [0.29, 0.717) is 6.42 Å². The Labute approximate surface area is 106 Å². The van der Waals surface area contributed by atoms with Crippen molar-refractivity contribution in [1.29, 1.82) is 0 Å². The first-order chi connectivity index (χ1) is 7.93. The Hall–Kier alpha value is -1.16. The zero-order valence-corrected chi connectivity index (χ0v) is 11.6. The van der Waals surface area contributed by atoms with E-state index >= 15 is 0 Å². The van der Waals surface area contributed by atoms with E-state index in [1.165, 1.54) is 0 Å². The maximum Gasteiger partial charge on any atom is 0.144 e. The minimum absolute atomic E-state index is 0.301. The standard InChI is InChI=1S/C13H19NO2S/c1-13(2,3)17(15)14-9-8-11-6-5-7-12(10-11)16-4/h5-7,9-10H,8H2,1-4H3. The van der Waals surface area contributed by atoms with Gasteiger partial charge in [0.25, 0.3) is 0 Å². The summed E-state index contributed by atoms with van der Waals surface area (Å²) >= 11 is 0. The van der Waals surface area contributed by atoms with E-state index in [-0.39, 0.29) is 4.75 Å². The number of ether oxygens (including phenoxy) is 1. The van der Waals surface area contributed by atoms with Crippen LogP contribution in [0.4, 0.5) is 0 Å². The minimum Gasteiger partial charge on any atom is -0.497 e. The Morgan fingerprint density at radius 2 is 2.12 bits per heavy atom. The third-order valence-electron chi connectivity index (χ3n) is 2.16. The minimum atomic E-state index is -1.18. The maximum atomic E-state index is 11.7. The highest BCUT2D eigenvalue weighted by atomic mass is 32.2. The third-order valence-corrected chi connectivity index (χ3v) is 3.54. The monoisotopic (exact) mass is 253 g/mol. The molecule has 94 valence electrons. The van der Waals surface area contributed by atoms with Crippen LogP contribution in [-0.4, -0.2) is 22.3 Å². The maximum absolute atomic E-state index is 11.7. The van der Waals surface area contributed by atoms with E-state index in [1.807, 2.05) is 45.0 Å². The van der Waals surface area contributed by atoms with Gasteiger partial charge in [0, 0.05) is 12.6 Å². The molecule has 0 fully saturated rings. The van der Waals surface area contributed by atoms with Gasteiger partial charge in [-0.05, 0) is 38.5 Å². The number of hydrogen-bond donors (Lipinski definition) is 0. The van der Waals surface area contributed by atoms with Crippen LogP contribution in [0.5, 0.6) is 5.75 Å². The van der Waals surface area contributed by atoms with E-state index in [1.54, 1.807) is 13.3 Å². The number of methoxy groups -OCH3 is 1. The van der Waals surface area contributed by atoms with Gasteiger partial charge in [-0.25, -0.2) is 4.21 Å². The van der Waals surface area contributed by atoms with Gasteiger partial charge < -0.3 is 4.74 Å². The van der Waals surface area contributed by atoms with Gasteiger partial charge in [-0.3, -0.25) is 0 Å². The summed E-state index contributed by atoms with van der Waals surface area (Å²) in [6.45, 7) is 5.73.